The number of nitrogens with one attached hydrogen (secondary N) is 4. The number of carbonyl (C=O) groups is 6. The van der Waals surface area contributed by atoms with Crippen LogP contribution in [-0.4, -0.2) is 92.7 Å². The molecule has 3 amide bonds. The van der Waals surface area contributed by atoms with E-state index in [-0.39, 0.29) is 27.0 Å². The van der Waals surface area contributed by atoms with E-state index >= 15 is 0 Å². The number of Topliss-reactive ketones (excluding diaryl/α,β-unsaturated/α-hetero) is 2. The van der Waals surface area contributed by atoms with Gasteiger partial charge in [0.1, 0.15) is 31.2 Å². The van der Waals surface area contributed by atoms with Crippen LogP contribution in [0.25, 0.3) is 0 Å². The zero-order chi connectivity index (χ0) is 43.0. The summed E-state index contributed by atoms with van der Waals surface area (Å²) in [5, 5.41) is 23.0. The van der Waals surface area contributed by atoms with E-state index in [9.17, 15) is 28.8 Å². The van der Waals surface area contributed by atoms with Crippen molar-refractivity contribution < 1.29 is 48.1 Å². The van der Waals surface area contributed by atoms with Crippen LogP contribution in [0.5, 0.6) is 0 Å². The van der Waals surface area contributed by atoms with Crippen LogP contribution >= 0.6 is 57.6 Å². The third kappa shape index (κ3) is 22.2. The summed E-state index contributed by atoms with van der Waals surface area (Å²) >= 11 is 15.5. The van der Waals surface area contributed by atoms with Crippen molar-refractivity contribution in [2.24, 2.45) is 0 Å². The molecule has 21 heteroatoms. The number of hydrogen-bond acceptors (Lipinski definition) is 15. The van der Waals surface area contributed by atoms with E-state index in [0.29, 0.717) is 58.2 Å². The maximum atomic E-state index is 11.4. The Bertz CT molecular complexity index is 1620. The summed E-state index contributed by atoms with van der Waals surface area (Å²) < 4.78 is 15.8. The Hall–Kier alpha value is -3.65. The molecule has 16 nitrogen and oxygen atoms in total. The van der Waals surface area contributed by atoms with Crippen LogP contribution in [0.2, 0.25) is 8.67 Å². The van der Waals surface area contributed by atoms with E-state index in [0.717, 1.165) is 17.8 Å². The number of carboxylic acids is 1. The van der Waals surface area contributed by atoms with Gasteiger partial charge in [0.25, 0.3) is 0 Å². The second-order valence-corrected chi connectivity index (χ2v) is 19.2. The van der Waals surface area contributed by atoms with Crippen molar-refractivity contribution in [2.75, 3.05) is 19.6 Å². The molecule has 314 valence electrons. The molecular weight excluding hydrogens is 832 g/mol. The molecule has 0 radical (unpaired) electrons. The van der Waals surface area contributed by atoms with Crippen LogP contribution in [0, 0.1) is 0 Å². The number of amides is 3. The SMILES string of the molecule is CC(=O)C1=CSC(CCNC(=O)OC(C)(C)C)N1.CC(=O)c1nc(CCNC(=O)OC(C)(C)C)sc1Cl.CC(C)(C)OC(=O)NCCc1nc(C(=O)O)c(Cl)s1. The van der Waals surface area contributed by atoms with E-state index in [1.165, 1.54) is 25.2 Å². The van der Waals surface area contributed by atoms with E-state index in [1.54, 1.807) is 53.3 Å². The number of carboxylic acid groups (broad SMARTS) is 1. The molecule has 0 spiro atoms. The van der Waals surface area contributed by atoms with Gasteiger partial charge in [0.2, 0.25) is 0 Å². The second kappa shape index (κ2) is 22.9. The molecule has 2 aromatic heterocycles. The Balaban J connectivity index is 0.000000420. The first-order valence-electron chi connectivity index (χ1n) is 17.2. The predicted molar refractivity (Wildman–Crippen MR) is 219 cm³/mol. The summed E-state index contributed by atoms with van der Waals surface area (Å²) in [7, 11) is 0. The number of nitrogens with zero attached hydrogens (tertiary/aromatic N) is 2. The summed E-state index contributed by atoms with van der Waals surface area (Å²) in [4.78, 5) is 75.2. The molecule has 0 bridgehead atoms. The number of carbonyl (C=O) groups excluding carboxylic acids is 5. The van der Waals surface area contributed by atoms with Crippen LogP contribution in [0.15, 0.2) is 11.1 Å². The minimum Gasteiger partial charge on any atom is -0.476 e. The summed E-state index contributed by atoms with van der Waals surface area (Å²) in [5.41, 5.74) is -0.769. The highest BCUT2D eigenvalue weighted by Crippen LogP contribution is 2.26. The molecule has 3 heterocycles. The highest BCUT2D eigenvalue weighted by atomic mass is 35.5. The van der Waals surface area contributed by atoms with Gasteiger partial charge < -0.3 is 40.6 Å². The van der Waals surface area contributed by atoms with E-state index < -0.39 is 41.1 Å². The van der Waals surface area contributed by atoms with Gasteiger partial charge in [-0.15, -0.1) is 34.4 Å². The number of hydrogen-bond donors (Lipinski definition) is 5. The molecule has 0 fully saturated rings. The molecule has 0 saturated heterocycles. The topological polar surface area (TPSA) is 224 Å². The minimum atomic E-state index is -1.16. The standard InChI is InChI=1S/C12H17ClN2O3S.C12H20N2O3S.C11H15ClN2O4S/c1-7(16)9-10(13)19-8(15-9)5-6-14-11(17)18-12(2,3)4;1-8(15)9-7-18-10(14-9)5-6-13-11(16)17-12(2,3)4;1-11(2,3)18-10(17)13-5-4-6-14-7(9(15)16)8(12)19-6/h5-6H2,1-4H3,(H,14,17);7,10,14H,5-6H2,1-4H3,(H,13,16);4-5H2,1-3H3,(H,13,17)(H,15,16). The first kappa shape index (κ1) is 50.4. The highest BCUT2D eigenvalue weighted by molar-refractivity contribution is 8.03. The number of aromatic carboxylic acids is 1. The van der Waals surface area contributed by atoms with Crippen molar-refractivity contribution >= 4 is 93.5 Å². The van der Waals surface area contributed by atoms with Crippen molar-refractivity contribution in [2.45, 2.75) is 118 Å². The fourth-order valence-corrected chi connectivity index (χ4v) is 7.18. The Labute approximate surface area is 349 Å². The molecule has 1 aliphatic rings. The summed E-state index contributed by atoms with van der Waals surface area (Å²) in [5.74, 6) is -1.29. The van der Waals surface area contributed by atoms with Crippen molar-refractivity contribution in [1.29, 1.82) is 0 Å². The fourth-order valence-electron chi connectivity index (χ4n) is 3.76. The molecule has 3 rings (SSSR count). The maximum Gasteiger partial charge on any atom is 0.407 e. The Kier molecular flexibility index (Phi) is 20.6. The molecular formula is C35H52Cl2N6O10S3. The van der Waals surface area contributed by atoms with Gasteiger partial charge >= 0.3 is 24.2 Å². The third-order valence-corrected chi connectivity index (χ3v) is 9.61. The number of allylic oxidation sites excluding steroid dienone is 1. The Morgan fingerprint density at radius 2 is 1.09 bits per heavy atom. The summed E-state index contributed by atoms with van der Waals surface area (Å²) in [6.45, 7) is 20.3. The van der Waals surface area contributed by atoms with Gasteiger partial charge in [0.15, 0.2) is 17.3 Å². The Morgan fingerprint density at radius 3 is 1.41 bits per heavy atom. The monoisotopic (exact) mass is 882 g/mol. The van der Waals surface area contributed by atoms with E-state index in [1.807, 2.05) is 26.2 Å². The lowest BCUT2D eigenvalue weighted by Gasteiger charge is -2.20. The number of ketones is 2. The van der Waals surface area contributed by atoms with Crippen LogP contribution in [0.1, 0.15) is 114 Å². The number of rotatable bonds is 12. The van der Waals surface area contributed by atoms with Gasteiger partial charge in [-0.3, -0.25) is 9.59 Å². The zero-order valence-electron chi connectivity index (χ0n) is 33.4. The van der Waals surface area contributed by atoms with E-state index in [2.05, 4.69) is 31.2 Å². The molecule has 0 aliphatic carbocycles. The Morgan fingerprint density at radius 1 is 0.696 bits per heavy atom. The van der Waals surface area contributed by atoms with Gasteiger partial charge in [0.05, 0.1) is 21.1 Å². The average molecular weight is 884 g/mol. The lowest BCUT2D eigenvalue weighted by molar-refractivity contribution is -0.113. The summed E-state index contributed by atoms with van der Waals surface area (Å²) in [6.07, 6.45) is 0.242. The first-order chi connectivity index (χ1) is 25.7. The van der Waals surface area contributed by atoms with Crippen molar-refractivity contribution in [3.8, 4) is 0 Å². The van der Waals surface area contributed by atoms with Gasteiger partial charge in [-0.25, -0.2) is 29.1 Å². The van der Waals surface area contributed by atoms with Crippen molar-refractivity contribution in [1.82, 2.24) is 31.2 Å². The number of alkyl carbamates (subject to hydrolysis) is 3. The largest absolute Gasteiger partial charge is 0.476 e. The van der Waals surface area contributed by atoms with Crippen molar-refractivity contribution in [3.05, 3.63) is 41.2 Å². The third-order valence-electron chi connectivity index (χ3n) is 5.93. The van der Waals surface area contributed by atoms with Crippen LogP contribution in [0.4, 0.5) is 14.4 Å². The van der Waals surface area contributed by atoms with Gasteiger partial charge in [-0.05, 0) is 74.1 Å². The molecule has 2 aromatic rings. The van der Waals surface area contributed by atoms with E-state index in [4.69, 9.17) is 42.5 Å². The molecule has 1 atom stereocenters. The van der Waals surface area contributed by atoms with Gasteiger partial charge in [-0.1, -0.05) is 23.2 Å². The number of aromatic nitrogens is 2. The zero-order valence-corrected chi connectivity index (χ0v) is 37.4. The van der Waals surface area contributed by atoms with Crippen molar-refractivity contribution in [3.63, 3.8) is 0 Å². The molecule has 0 aromatic carbocycles. The quantitative estimate of drug-likeness (QED) is 0.102. The average Bonchev–Trinajstić information content (AvgIpc) is 3.73. The highest BCUT2D eigenvalue weighted by Gasteiger charge is 2.21. The molecule has 5 N–H and O–H groups in total. The number of ether oxygens (including phenoxy) is 3. The molecule has 1 unspecified atom stereocenters. The first-order valence-corrected chi connectivity index (χ1v) is 20.6. The van der Waals surface area contributed by atoms with Gasteiger partial charge in [0, 0.05) is 46.3 Å². The number of halogens is 2. The molecule has 0 saturated carbocycles. The molecule has 1 aliphatic heterocycles. The van der Waals surface area contributed by atoms with Crippen LogP contribution in [0.3, 0.4) is 0 Å². The fraction of sp³-hybridized carbons (Fsp3) is 0.600. The number of thioether (sulfide) groups is 1. The normalized spacial score (nSPS) is 13.7. The van der Waals surface area contributed by atoms with Crippen LogP contribution < -0.4 is 21.3 Å². The summed E-state index contributed by atoms with van der Waals surface area (Å²) in [6, 6.07) is 0. The maximum absolute atomic E-state index is 11.4. The smallest absolute Gasteiger partial charge is 0.407 e. The molecule has 56 heavy (non-hydrogen) atoms. The minimum absolute atomic E-state index is 0.0325. The predicted octanol–water partition coefficient (Wildman–Crippen LogP) is 7.62. The second-order valence-electron chi connectivity index (χ2n) is 14.8. The number of thiazole rings is 2. The lowest BCUT2D eigenvalue weighted by Crippen LogP contribution is -2.35. The lowest BCUT2D eigenvalue weighted by atomic mass is 10.2. The van der Waals surface area contributed by atoms with Gasteiger partial charge in [-0.2, -0.15) is 0 Å². The van der Waals surface area contributed by atoms with Crippen LogP contribution in [-0.2, 0) is 31.8 Å².